The van der Waals surface area contributed by atoms with Gasteiger partial charge in [-0.25, -0.2) is 4.79 Å². The smallest absolute Gasteiger partial charge is 0.326 e. The summed E-state index contributed by atoms with van der Waals surface area (Å²) < 4.78 is 0. The maximum Gasteiger partial charge on any atom is 0.326 e. The van der Waals surface area contributed by atoms with Gasteiger partial charge in [-0.1, -0.05) is 30.3 Å². The highest BCUT2D eigenvalue weighted by molar-refractivity contribution is 7.98. The summed E-state index contributed by atoms with van der Waals surface area (Å²) in [4.78, 5) is 48.8. The van der Waals surface area contributed by atoms with Crippen molar-refractivity contribution < 1.29 is 34.5 Å². The van der Waals surface area contributed by atoms with Crippen molar-refractivity contribution in [2.24, 2.45) is 5.73 Å². The number of nitrogens with two attached hydrogens (primary N) is 1. The van der Waals surface area contributed by atoms with Crippen molar-refractivity contribution in [1.82, 2.24) is 16.0 Å². The van der Waals surface area contributed by atoms with E-state index in [1.807, 2.05) is 6.07 Å². The van der Waals surface area contributed by atoms with E-state index in [0.717, 1.165) is 5.56 Å². The maximum atomic E-state index is 12.6. The molecule has 5 unspecified atom stereocenters. The van der Waals surface area contributed by atoms with Gasteiger partial charge in [-0.2, -0.15) is 11.8 Å². The minimum absolute atomic E-state index is 0.153. The highest BCUT2D eigenvalue weighted by Crippen LogP contribution is 2.04. The quantitative estimate of drug-likeness (QED) is 0.160. The molecule has 0 radical (unpaired) electrons. The number of nitrogens with one attached hydrogen (secondary N) is 3. The molecule has 1 aromatic carbocycles. The van der Waals surface area contributed by atoms with Crippen molar-refractivity contribution in [2.45, 2.75) is 50.0 Å². The Labute approximate surface area is 196 Å². The largest absolute Gasteiger partial charge is 0.480 e. The van der Waals surface area contributed by atoms with E-state index in [0.29, 0.717) is 5.75 Å². The number of aliphatic carboxylic acids is 1. The standard InChI is InChI=1S/C21H32N4O7S/c1-12(27)17(25-18(28)14(22)10-13-6-4-3-5-7-13)20(30)24-16(11-26)19(29)23-15(21(31)32)8-9-33-2/h3-7,12,14-17,26-27H,8-11,22H2,1-2H3,(H,23,29)(H,24,30)(H,25,28)(H,31,32). The van der Waals surface area contributed by atoms with E-state index in [1.54, 1.807) is 30.5 Å². The molecule has 0 spiro atoms. The third-order valence-electron chi connectivity index (χ3n) is 4.74. The highest BCUT2D eigenvalue weighted by Gasteiger charge is 2.32. The topological polar surface area (TPSA) is 191 Å². The molecule has 0 saturated heterocycles. The minimum atomic E-state index is -1.48. The molecule has 0 bridgehead atoms. The van der Waals surface area contributed by atoms with Gasteiger partial charge in [0.2, 0.25) is 17.7 Å². The molecule has 0 saturated carbocycles. The fraction of sp³-hybridized carbons (Fsp3) is 0.524. The van der Waals surface area contributed by atoms with Gasteiger partial charge in [0.1, 0.15) is 18.1 Å². The van der Waals surface area contributed by atoms with Gasteiger partial charge in [0.25, 0.3) is 0 Å². The molecule has 3 amide bonds. The molecule has 184 valence electrons. The Balaban J connectivity index is 2.77. The second-order valence-corrected chi connectivity index (χ2v) is 8.43. The summed E-state index contributed by atoms with van der Waals surface area (Å²) >= 11 is 1.40. The van der Waals surface area contributed by atoms with Crippen LogP contribution in [0.5, 0.6) is 0 Å². The van der Waals surface area contributed by atoms with Crippen molar-refractivity contribution in [3.63, 3.8) is 0 Å². The maximum absolute atomic E-state index is 12.6. The molecule has 12 heteroatoms. The Hall–Kier alpha value is -2.67. The number of aliphatic hydroxyl groups excluding tert-OH is 2. The summed E-state index contributed by atoms with van der Waals surface area (Å²) in [6.45, 7) is 0.449. The Morgan fingerprint density at radius 3 is 2.12 bits per heavy atom. The zero-order valence-corrected chi connectivity index (χ0v) is 19.4. The summed E-state index contributed by atoms with van der Waals surface area (Å²) in [5, 5.41) is 35.6. The lowest BCUT2D eigenvalue weighted by molar-refractivity contribution is -0.142. The van der Waals surface area contributed by atoms with Crippen molar-refractivity contribution in [3.05, 3.63) is 35.9 Å². The fourth-order valence-electron chi connectivity index (χ4n) is 2.85. The van der Waals surface area contributed by atoms with Gasteiger partial charge in [-0.3, -0.25) is 14.4 Å². The normalized spacial score (nSPS) is 15.4. The summed E-state index contributed by atoms with van der Waals surface area (Å²) in [6.07, 6.45) is 0.802. The van der Waals surface area contributed by atoms with Crippen LogP contribution in [0.4, 0.5) is 0 Å². The Morgan fingerprint density at radius 2 is 1.61 bits per heavy atom. The van der Waals surface area contributed by atoms with Crippen LogP contribution in [0.3, 0.4) is 0 Å². The lowest BCUT2D eigenvalue weighted by Gasteiger charge is -2.25. The Bertz CT molecular complexity index is 794. The lowest BCUT2D eigenvalue weighted by atomic mass is 10.0. The van der Waals surface area contributed by atoms with E-state index in [9.17, 15) is 34.5 Å². The first-order chi connectivity index (χ1) is 15.6. The zero-order chi connectivity index (χ0) is 25.0. The average molecular weight is 485 g/mol. The third kappa shape index (κ3) is 9.78. The number of carbonyl (C=O) groups excluding carboxylic acids is 3. The number of carbonyl (C=O) groups is 4. The van der Waals surface area contributed by atoms with Crippen LogP contribution in [-0.2, 0) is 25.6 Å². The van der Waals surface area contributed by atoms with Crippen molar-refractivity contribution in [2.75, 3.05) is 18.6 Å². The molecule has 0 fully saturated rings. The molecule has 0 aliphatic carbocycles. The van der Waals surface area contributed by atoms with Gasteiger partial charge in [0.05, 0.1) is 18.8 Å². The minimum Gasteiger partial charge on any atom is -0.480 e. The number of amides is 3. The monoisotopic (exact) mass is 484 g/mol. The van der Waals surface area contributed by atoms with Crippen LogP contribution in [0, 0.1) is 0 Å². The molecule has 5 atom stereocenters. The predicted octanol–water partition coefficient (Wildman–Crippen LogP) is -1.78. The summed E-state index contributed by atoms with van der Waals surface area (Å²) in [5.41, 5.74) is 6.72. The number of hydrogen-bond acceptors (Lipinski definition) is 8. The molecule has 11 nitrogen and oxygen atoms in total. The highest BCUT2D eigenvalue weighted by atomic mass is 32.2. The van der Waals surface area contributed by atoms with Crippen LogP contribution in [0.15, 0.2) is 30.3 Å². The molecular formula is C21H32N4O7S. The molecule has 33 heavy (non-hydrogen) atoms. The van der Waals surface area contributed by atoms with E-state index < -0.39 is 60.6 Å². The number of aliphatic hydroxyl groups is 2. The number of rotatable bonds is 14. The van der Waals surface area contributed by atoms with Crippen LogP contribution in [0.1, 0.15) is 18.9 Å². The van der Waals surface area contributed by atoms with Crippen molar-refractivity contribution >= 4 is 35.5 Å². The van der Waals surface area contributed by atoms with E-state index in [-0.39, 0.29) is 12.8 Å². The molecule has 1 aromatic rings. The first-order valence-electron chi connectivity index (χ1n) is 10.3. The number of benzene rings is 1. The van der Waals surface area contributed by atoms with Gasteiger partial charge in [0, 0.05) is 0 Å². The molecular weight excluding hydrogens is 452 g/mol. The van der Waals surface area contributed by atoms with E-state index in [2.05, 4.69) is 16.0 Å². The second-order valence-electron chi connectivity index (χ2n) is 7.45. The van der Waals surface area contributed by atoms with Crippen molar-refractivity contribution in [1.29, 1.82) is 0 Å². The molecule has 0 heterocycles. The number of thioether (sulfide) groups is 1. The third-order valence-corrected chi connectivity index (χ3v) is 5.38. The van der Waals surface area contributed by atoms with E-state index >= 15 is 0 Å². The fourth-order valence-corrected chi connectivity index (χ4v) is 3.32. The van der Waals surface area contributed by atoms with Crippen LogP contribution in [-0.4, -0.2) is 87.9 Å². The first-order valence-corrected chi connectivity index (χ1v) is 11.7. The van der Waals surface area contributed by atoms with Crippen molar-refractivity contribution in [3.8, 4) is 0 Å². The summed E-state index contributed by atoms with van der Waals surface area (Å²) in [5.74, 6) is -3.30. The van der Waals surface area contributed by atoms with E-state index in [4.69, 9.17) is 5.73 Å². The Morgan fingerprint density at radius 1 is 1.00 bits per heavy atom. The first kappa shape index (κ1) is 28.4. The van der Waals surface area contributed by atoms with Gasteiger partial charge >= 0.3 is 5.97 Å². The summed E-state index contributed by atoms with van der Waals surface area (Å²) in [7, 11) is 0. The van der Waals surface area contributed by atoms with Gasteiger partial charge < -0.3 is 37.0 Å². The number of carboxylic acids is 1. The summed E-state index contributed by atoms with van der Waals surface area (Å²) in [6, 6.07) is 3.87. The second kappa shape index (κ2) is 14.5. The molecule has 1 rings (SSSR count). The molecule has 0 aliphatic rings. The average Bonchev–Trinajstić information content (AvgIpc) is 2.78. The molecule has 8 N–H and O–H groups in total. The Kier molecular flexibility index (Phi) is 12.4. The van der Waals surface area contributed by atoms with Gasteiger partial charge in [-0.05, 0) is 37.3 Å². The van der Waals surface area contributed by atoms with Gasteiger partial charge in [-0.15, -0.1) is 0 Å². The van der Waals surface area contributed by atoms with Crippen LogP contribution in [0.25, 0.3) is 0 Å². The zero-order valence-electron chi connectivity index (χ0n) is 18.6. The SMILES string of the molecule is CSCCC(NC(=O)C(CO)NC(=O)C(NC(=O)C(N)Cc1ccccc1)C(C)O)C(=O)O. The van der Waals surface area contributed by atoms with Gasteiger partial charge in [0.15, 0.2) is 0 Å². The van der Waals surface area contributed by atoms with E-state index in [1.165, 1.54) is 18.7 Å². The van der Waals surface area contributed by atoms with Crippen LogP contribution >= 0.6 is 11.8 Å². The molecule has 0 aromatic heterocycles. The van der Waals surface area contributed by atoms with Crippen LogP contribution in [0.2, 0.25) is 0 Å². The van der Waals surface area contributed by atoms with Crippen LogP contribution < -0.4 is 21.7 Å². The number of carboxylic acid groups (broad SMARTS) is 1. The molecule has 0 aliphatic heterocycles. The predicted molar refractivity (Wildman–Crippen MR) is 123 cm³/mol. The lowest BCUT2D eigenvalue weighted by Crippen LogP contribution is -2.60. The number of hydrogen-bond donors (Lipinski definition) is 7.